The first-order chi connectivity index (χ1) is 57.9. The maximum Gasteiger partial charge on any atom is 0.304 e. The average Bonchev–Trinajstić information content (AvgIpc) is 0.879. The molecule has 0 aliphatic heterocycles. The molecule has 0 aliphatic carbocycles. The van der Waals surface area contributed by atoms with E-state index in [9.17, 15) is 62.3 Å². The van der Waals surface area contributed by atoms with E-state index >= 15 is 0 Å². The zero-order valence-electron chi connectivity index (χ0n) is 71.9. The lowest BCUT2D eigenvalue weighted by Gasteiger charge is -2.34. The Balaban J connectivity index is 7.67. The van der Waals surface area contributed by atoms with Gasteiger partial charge in [0.15, 0.2) is 0 Å². The number of amides is 12. The molecule has 0 bridgehead atoms. The summed E-state index contributed by atoms with van der Waals surface area (Å²) in [7, 11) is 0. The molecule has 0 spiro atoms. The molecule has 0 aliphatic rings. The number of carbonyl (C=O) groups is 13. The summed E-state index contributed by atoms with van der Waals surface area (Å²) in [5, 5.41) is 12.0. The van der Waals surface area contributed by atoms with Gasteiger partial charge in [0, 0.05) is 303 Å². The van der Waals surface area contributed by atoms with Gasteiger partial charge in [-0.2, -0.15) is 11.8 Å². The van der Waals surface area contributed by atoms with Crippen LogP contribution < -0.4 is 5.32 Å². The summed E-state index contributed by atoms with van der Waals surface area (Å²) in [6, 6.07) is 0. The number of unbranched alkanes of at least 4 members (excludes halogenated alkanes) is 10. The van der Waals surface area contributed by atoms with Crippen molar-refractivity contribution in [3.8, 4) is 123 Å². The molecule has 0 aromatic heterocycles. The lowest BCUT2D eigenvalue weighted by Crippen LogP contribution is -2.50. The lowest BCUT2D eigenvalue weighted by molar-refractivity contribution is -0.139. The van der Waals surface area contributed by atoms with E-state index < -0.39 is 5.97 Å². The molecule has 656 valence electrons. The average molecular weight is 1680 g/mol. The topological polar surface area (TPSA) is 290 Å². The molecule has 120 heavy (non-hydrogen) atoms. The van der Waals surface area contributed by atoms with Crippen LogP contribution in [-0.4, -0.2) is 298 Å². The highest BCUT2D eigenvalue weighted by atomic mass is 32.2. The summed E-state index contributed by atoms with van der Waals surface area (Å²) < 4.78 is 0. The Morgan fingerprint density at radius 2 is 0.400 bits per heavy atom. The minimum atomic E-state index is -0.920. The molecule has 26 nitrogen and oxygen atoms in total. The van der Waals surface area contributed by atoms with Crippen LogP contribution in [0.5, 0.6) is 0 Å². The second-order valence-corrected chi connectivity index (χ2v) is 29.8. The SMILES string of the molecule is C#CCCCC(=O)NCCN(CCN(CCN(CCN(CCN(CCN(CCN(CCN(CCN(CCN(CCN(CCSCCC(=O)O)C(=O)CC)C(=O)CC)C(=O)CCCC#C)C(=O)CCCC#C)C(=O)CCCC#C)C(=O)CCCC#C)C(=O)CCCC#C)C(=O)CCCC#C)C(=O)CCCC#C)C(=O)CCCC#C)C(=O)CCCC#C. The summed E-state index contributed by atoms with van der Waals surface area (Å²) in [6.07, 6.45) is 63.9. The van der Waals surface area contributed by atoms with Crippen LogP contribution in [0.4, 0.5) is 0 Å². The van der Waals surface area contributed by atoms with Crippen molar-refractivity contribution >= 4 is 88.6 Å². The Bertz CT molecular complexity index is 3570. The van der Waals surface area contributed by atoms with Gasteiger partial charge < -0.3 is 64.3 Å². The minimum Gasteiger partial charge on any atom is -0.481 e. The van der Waals surface area contributed by atoms with Crippen molar-refractivity contribution in [3.05, 3.63) is 0 Å². The minimum absolute atomic E-state index is 0.00820. The Morgan fingerprint density at radius 3 is 0.575 bits per heavy atom. The third-order valence-electron chi connectivity index (χ3n) is 19.7. The first kappa shape index (κ1) is 109. The molecule has 0 unspecified atom stereocenters. The van der Waals surface area contributed by atoms with E-state index in [2.05, 4.69) is 64.5 Å². The summed E-state index contributed by atoms with van der Waals surface area (Å²) in [5.74, 6) is 22.4. The molecule has 27 heteroatoms. The summed E-state index contributed by atoms with van der Waals surface area (Å²) in [5.41, 5.74) is 0. The number of nitrogens with zero attached hydrogens (tertiary/aromatic N) is 11. The van der Waals surface area contributed by atoms with Gasteiger partial charge in [-0.25, -0.2) is 0 Å². The number of hydrogen-bond donors (Lipinski definition) is 2. The van der Waals surface area contributed by atoms with E-state index in [1.54, 1.807) is 67.7 Å². The zero-order chi connectivity index (χ0) is 89.4. The molecular formula is C93H134N12O14S. The monoisotopic (exact) mass is 1670 g/mol. The van der Waals surface area contributed by atoms with Crippen molar-refractivity contribution in [2.75, 3.05) is 162 Å². The van der Waals surface area contributed by atoms with Crippen LogP contribution in [0.1, 0.15) is 226 Å². The van der Waals surface area contributed by atoms with Gasteiger partial charge in [0.1, 0.15) is 0 Å². The summed E-state index contributed by atoms with van der Waals surface area (Å²) in [4.78, 5) is 197. The number of rotatable bonds is 71. The third kappa shape index (κ3) is 52.8. The molecule has 0 aromatic carbocycles. The quantitative estimate of drug-likeness (QED) is 0.0447. The van der Waals surface area contributed by atoms with Crippen molar-refractivity contribution in [1.82, 2.24) is 59.2 Å². The molecule has 0 saturated carbocycles. The molecule has 0 atom stereocenters. The van der Waals surface area contributed by atoms with Gasteiger partial charge in [-0.1, -0.05) is 13.8 Å². The van der Waals surface area contributed by atoms with Crippen LogP contribution in [0.25, 0.3) is 0 Å². The number of carboxylic acids is 1. The highest BCUT2D eigenvalue weighted by Crippen LogP contribution is 2.16. The van der Waals surface area contributed by atoms with Crippen LogP contribution in [0.3, 0.4) is 0 Å². The molecule has 0 heterocycles. The molecule has 0 rings (SSSR count). The second kappa shape index (κ2) is 72.1. The van der Waals surface area contributed by atoms with Gasteiger partial charge in [0.25, 0.3) is 0 Å². The molecule has 2 N–H and O–H groups in total. The van der Waals surface area contributed by atoms with Gasteiger partial charge in [-0.05, 0) is 64.2 Å². The first-order valence-corrected chi connectivity index (χ1v) is 43.6. The zero-order valence-corrected chi connectivity index (χ0v) is 72.7. The van der Waals surface area contributed by atoms with Crippen molar-refractivity contribution < 1.29 is 67.4 Å². The molecule has 0 saturated heterocycles. The van der Waals surface area contributed by atoms with Crippen molar-refractivity contribution in [2.45, 2.75) is 226 Å². The van der Waals surface area contributed by atoms with Gasteiger partial charge >= 0.3 is 5.97 Å². The maximum atomic E-state index is 14.6. The van der Waals surface area contributed by atoms with E-state index in [4.69, 9.17) is 69.3 Å². The fourth-order valence-electron chi connectivity index (χ4n) is 12.5. The molecule has 0 radical (unpaired) electrons. The van der Waals surface area contributed by atoms with E-state index in [1.807, 2.05) is 0 Å². The van der Waals surface area contributed by atoms with Crippen LogP contribution in [0, 0.1) is 123 Å². The summed E-state index contributed by atoms with van der Waals surface area (Å²) >= 11 is 1.41. The van der Waals surface area contributed by atoms with Crippen molar-refractivity contribution in [1.29, 1.82) is 0 Å². The van der Waals surface area contributed by atoms with Crippen LogP contribution in [0.2, 0.25) is 0 Å². The predicted octanol–water partition coefficient (Wildman–Crippen LogP) is 7.28. The lowest BCUT2D eigenvalue weighted by atomic mass is 10.2. The van der Waals surface area contributed by atoms with E-state index in [1.165, 1.54) is 11.8 Å². The standard InChI is InChI=1S/C93H134N12O14S/c1-13-25-35-45-81(106)94-56-57-95(84(109)46-36-26-14-2)58-61-97(85(110)47-37-27-15-3)63-65-99(87(112)49-39-29-17-5)67-69-101(89(114)51-41-31-19-7)71-73-103(91(116)53-43-33-21-9)75-76-104(92(117)54-44-34-22-10)74-72-102(90(115)52-42-32-20-8)70-68-100(88(113)50-40-30-18-6)66-64-98(86(111)48-38-28-16-4)62-59-96(82(107)23-11)60-77-105(83(108)24-12)78-80-120-79-55-93(118)119/h1-10H,23-80H2,11-12H3,(H,94,106)(H,118,119). The third-order valence-corrected chi connectivity index (χ3v) is 20.6. The highest BCUT2D eigenvalue weighted by molar-refractivity contribution is 7.99. The number of aliphatic carboxylic acids is 1. The van der Waals surface area contributed by atoms with E-state index in [0.29, 0.717) is 121 Å². The smallest absolute Gasteiger partial charge is 0.304 e. The number of carboxylic acid groups (broad SMARTS) is 1. The number of nitrogens with one attached hydrogen (secondary N) is 1. The fraction of sp³-hybridized carbons (Fsp3) is 0.645. The number of terminal acetylenes is 10. The van der Waals surface area contributed by atoms with Crippen molar-refractivity contribution in [2.24, 2.45) is 0 Å². The van der Waals surface area contributed by atoms with Gasteiger partial charge in [-0.15, -0.1) is 123 Å². The highest BCUT2D eigenvalue weighted by Gasteiger charge is 2.29. The van der Waals surface area contributed by atoms with Gasteiger partial charge in [-0.3, -0.25) is 62.3 Å². The van der Waals surface area contributed by atoms with Gasteiger partial charge in [0.05, 0.1) is 6.42 Å². The Kier molecular flexibility index (Phi) is 65.5. The van der Waals surface area contributed by atoms with Gasteiger partial charge in [0.2, 0.25) is 70.9 Å². The Morgan fingerprint density at radius 1 is 0.233 bits per heavy atom. The fourth-order valence-corrected chi connectivity index (χ4v) is 13.4. The number of thioether (sulfide) groups is 1. The number of carbonyl (C=O) groups excluding carboxylic acids is 12. The van der Waals surface area contributed by atoms with Crippen LogP contribution in [0.15, 0.2) is 0 Å². The molecule has 0 aromatic rings. The molecule has 12 amide bonds. The van der Waals surface area contributed by atoms with E-state index in [-0.39, 0.29) is 324 Å². The summed E-state index contributed by atoms with van der Waals surface area (Å²) in [6.45, 7) is 4.52. The maximum absolute atomic E-state index is 14.6. The largest absolute Gasteiger partial charge is 0.481 e. The molecular weight excluding hydrogens is 1540 g/mol. The normalized spacial score (nSPS) is 10.3. The number of hydrogen-bond acceptors (Lipinski definition) is 14. The van der Waals surface area contributed by atoms with Crippen LogP contribution in [-0.2, 0) is 62.3 Å². The predicted molar refractivity (Wildman–Crippen MR) is 472 cm³/mol. The molecule has 0 fully saturated rings. The van der Waals surface area contributed by atoms with Crippen molar-refractivity contribution in [3.63, 3.8) is 0 Å². The van der Waals surface area contributed by atoms with E-state index in [0.717, 1.165) is 0 Å². The Hall–Kier alpha value is -10.9. The second-order valence-electron chi connectivity index (χ2n) is 28.6. The Labute approximate surface area is 722 Å². The first-order valence-electron chi connectivity index (χ1n) is 42.4. The van der Waals surface area contributed by atoms with Crippen LogP contribution >= 0.6 is 11.8 Å².